The molecule has 11 heteroatoms. The molecule has 4 rings (SSSR count). The topological polar surface area (TPSA) is 168 Å². The number of rotatable bonds is 5. The minimum absolute atomic E-state index is 0.0614. The van der Waals surface area contributed by atoms with Crippen LogP contribution in [0.1, 0.15) is 52.9 Å². The highest BCUT2D eigenvalue weighted by Crippen LogP contribution is 2.69. The molecule has 34 heavy (non-hydrogen) atoms. The third kappa shape index (κ3) is 3.54. The highest BCUT2D eigenvalue weighted by Gasteiger charge is 2.69. The molecule has 0 bridgehead atoms. The van der Waals surface area contributed by atoms with Gasteiger partial charge in [0.25, 0.3) is 0 Å². The largest absolute Gasteiger partial charge is 0.586 e. The van der Waals surface area contributed by atoms with Crippen molar-refractivity contribution in [1.82, 2.24) is 0 Å². The van der Waals surface area contributed by atoms with E-state index in [2.05, 4.69) is 4.52 Å². The van der Waals surface area contributed by atoms with Crippen LogP contribution in [-0.4, -0.2) is 56.1 Å². The van der Waals surface area contributed by atoms with Crippen molar-refractivity contribution < 1.29 is 48.2 Å². The molecule has 0 heterocycles. The summed E-state index contributed by atoms with van der Waals surface area (Å²) in [5, 5.41) is 32.2. The van der Waals surface area contributed by atoms with Crippen molar-refractivity contribution in [1.29, 1.82) is 0 Å². The summed E-state index contributed by atoms with van der Waals surface area (Å²) in [6.07, 6.45) is 3.23. The second kappa shape index (κ2) is 8.10. The molecular formula is C23H31O10P. The highest BCUT2D eigenvalue weighted by atomic mass is 31.2. The van der Waals surface area contributed by atoms with E-state index in [0.717, 1.165) is 13.0 Å². The van der Waals surface area contributed by atoms with Gasteiger partial charge in [0.15, 0.2) is 11.6 Å². The van der Waals surface area contributed by atoms with Crippen LogP contribution in [0.3, 0.4) is 0 Å². The third-order valence-electron chi connectivity index (χ3n) is 8.85. The first kappa shape index (κ1) is 25.3. The van der Waals surface area contributed by atoms with Gasteiger partial charge < -0.3 is 24.4 Å². The number of hydrogen-bond donors (Lipinski definition) is 4. The fourth-order valence-corrected chi connectivity index (χ4v) is 8.27. The quantitative estimate of drug-likeness (QED) is 0.408. The van der Waals surface area contributed by atoms with E-state index in [0.29, 0.717) is 24.8 Å². The first-order valence-corrected chi connectivity index (χ1v) is 12.9. The molecule has 10 nitrogen and oxygen atoms in total. The molecule has 8 atom stereocenters. The standard InChI is InChI=1S/C23H31O10P/c1-12(25)32-34(30,31)33-19-9-14(26)8-13-4-5-15-16-6-7-23(29,18(28)11-24)21(16,2)10-17(27)20(15)22(13,19)3/h8-9,15-17,20,24,27,29H,4-7,10-11H2,1-3H3,(H,30,31)/t15-,16-,17-,20+,21-,22+,23-/m0/s1. The molecule has 3 fully saturated rings. The van der Waals surface area contributed by atoms with Crippen LogP contribution in [0, 0.1) is 28.6 Å². The van der Waals surface area contributed by atoms with Gasteiger partial charge in [0.05, 0.1) is 11.5 Å². The Morgan fingerprint density at radius 1 is 1.24 bits per heavy atom. The van der Waals surface area contributed by atoms with Crippen LogP contribution in [-0.2, 0) is 28.0 Å². The van der Waals surface area contributed by atoms with Crippen LogP contribution >= 0.6 is 7.82 Å². The lowest BCUT2D eigenvalue weighted by atomic mass is 9.46. The zero-order valence-corrected chi connectivity index (χ0v) is 20.3. The van der Waals surface area contributed by atoms with E-state index in [1.54, 1.807) is 13.8 Å². The molecule has 0 spiro atoms. The molecule has 0 aromatic carbocycles. The Balaban J connectivity index is 1.75. The number of carbonyl (C=O) groups excluding carboxylic acids is 3. The Bertz CT molecular complexity index is 1050. The molecule has 4 N–H and O–H groups in total. The van der Waals surface area contributed by atoms with Gasteiger partial charge in [-0.15, -0.1) is 0 Å². The molecule has 0 saturated heterocycles. The normalized spacial score (nSPS) is 42.9. The zero-order chi connectivity index (χ0) is 25.3. The van der Waals surface area contributed by atoms with Crippen LogP contribution in [0.25, 0.3) is 0 Å². The van der Waals surface area contributed by atoms with Gasteiger partial charge in [0.1, 0.15) is 18.0 Å². The average Bonchev–Trinajstić information content (AvgIpc) is 2.98. The van der Waals surface area contributed by atoms with Gasteiger partial charge in [-0.05, 0) is 56.9 Å². The number of aliphatic hydroxyl groups is 3. The molecule has 4 aliphatic rings. The van der Waals surface area contributed by atoms with Gasteiger partial charge in [-0.1, -0.05) is 12.5 Å². The summed E-state index contributed by atoms with van der Waals surface area (Å²) in [7, 11) is -4.88. The van der Waals surface area contributed by atoms with Crippen molar-refractivity contribution >= 4 is 25.4 Å². The van der Waals surface area contributed by atoms with Crippen molar-refractivity contribution in [3.8, 4) is 0 Å². The number of phosphoric acid groups is 1. The van der Waals surface area contributed by atoms with Crippen molar-refractivity contribution in [2.24, 2.45) is 28.6 Å². The number of hydrogen-bond acceptors (Lipinski definition) is 9. The fraction of sp³-hybridized carbons (Fsp3) is 0.696. The van der Waals surface area contributed by atoms with Crippen molar-refractivity contribution in [2.75, 3.05) is 6.61 Å². The smallest absolute Gasteiger partial charge is 0.399 e. The van der Waals surface area contributed by atoms with Gasteiger partial charge in [-0.2, -0.15) is 0 Å². The summed E-state index contributed by atoms with van der Waals surface area (Å²) in [6.45, 7) is 3.66. The number of carbonyl (C=O) groups is 3. The first-order chi connectivity index (χ1) is 15.7. The lowest BCUT2D eigenvalue weighted by Crippen LogP contribution is -2.62. The SMILES string of the molecule is CC(=O)OP(=O)(O)OC1=CC(=O)C=C2CC[C@@H]3[C@H]([C@@H](O)C[C@@]4(C)[C@H]3CC[C@]4(O)C(=O)CO)[C@]21C. The van der Waals surface area contributed by atoms with Crippen LogP contribution in [0.2, 0.25) is 0 Å². The predicted octanol–water partition coefficient (Wildman–Crippen LogP) is 1.57. The number of Topliss-reactive ketones (excluding diaryl/α,β-unsaturated/α-hetero) is 1. The second-order valence-electron chi connectivity index (χ2n) is 10.4. The number of fused-ring (bicyclic) bond motifs is 5. The number of aliphatic hydroxyl groups excluding tert-OH is 2. The van der Waals surface area contributed by atoms with E-state index in [-0.39, 0.29) is 30.4 Å². The predicted molar refractivity (Wildman–Crippen MR) is 117 cm³/mol. The lowest BCUT2D eigenvalue weighted by molar-refractivity contribution is -0.180. The van der Waals surface area contributed by atoms with Crippen LogP contribution in [0.5, 0.6) is 0 Å². The summed E-state index contributed by atoms with van der Waals surface area (Å²) in [5.74, 6) is -3.21. The van der Waals surface area contributed by atoms with Gasteiger partial charge in [-0.25, -0.2) is 4.57 Å². The maximum atomic E-state index is 12.5. The van der Waals surface area contributed by atoms with Crippen LogP contribution < -0.4 is 0 Å². The number of phosphoric ester groups is 1. The van der Waals surface area contributed by atoms with E-state index < -0.39 is 60.4 Å². The molecule has 0 aromatic rings. The van der Waals surface area contributed by atoms with E-state index in [1.807, 2.05) is 0 Å². The summed E-state index contributed by atoms with van der Waals surface area (Å²) in [4.78, 5) is 46.3. The minimum atomic E-state index is -4.88. The van der Waals surface area contributed by atoms with Gasteiger partial charge in [-0.3, -0.25) is 19.3 Å². The highest BCUT2D eigenvalue weighted by molar-refractivity contribution is 7.48. The third-order valence-corrected chi connectivity index (χ3v) is 9.77. The Labute approximate surface area is 197 Å². The van der Waals surface area contributed by atoms with E-state index in [1.165, 1.54) is 6.08 Å². The number of allylic oxidation sites excluding steroid dienone is 3. The lowest BCUT2D eigenvalue weighted by Gasteiger charge is -2.60. The van der Waals surface area contributed by atoms with E-state index >= 15 is 0 Å². The Morgan fingerprint density at radius 2 is 1.91 bits per heavy atom. The maximum Gasteiger partial charge on any atom is 0.586 e. The molecule has 0 aliphatic heterocycles. The molecule has 188 valence electrons. The van der Waals surface area contributed by atoms with E-state index in [4.69, 9.17) is 4.52 Å². The monoisotopic (exact) mass is 498 g/mol. The van der Waals surface area contributed by atoms with E-state index in [9.17, 15) is 39.2 Å². The molecule has 3 saturated carbocycles. The minimum Gasteiger partial charge on any atom is -0.399 e. The molecular weight excluding hydrogens is 467 g/mol. The van der Waals surface area contributed by atoms with Gasteiger partial charge in [0.2, 0.25) is 0 Å². The van der Waals surface area contributed by atoms with Gasteiger partial charge in [0, 0.05) is 24.3 Å². The molecule has 0 radical (unpaired) electrons. The van der Waals surface area contributed by atoms with Crippen molar-refractivity contribution in [2.45, 2.75) is 64.6 Å². The fourth-order valence-electron chi connectivity index (χ4n) is 7.42. The Hall–Kier alpha value is -1.84. The van der Waals surface area contributed by atoms with Gasteiger partial charge >= 0.3 is 13.8 Å². The average molecular weight is 498 g/mol. The van der Waals surface area contributed by atoms with Crippen molar-refractivity contribution in [3.05, 3.63) is 23.5 Å². The second-order valence-corrected chi connectivity index (χ2v) is 11.7. The summed E-state index contributed by atoms with van der Waals surface area (Å²) < 4.78 is 22.2. The van der Waals surface area contributed by atoms with Crippen LogP contribution in [0.4, 0.5) is 0 Å². The van der Waals surface area contributed by atoms with Crippen LogP contribution in [0.15, 0.2) is 23.5 Å². The Morgan fingerprint density at radius 3 is 2.53 bits per heavy atom. The zero-order valence-electron chi connectivity index (χ0n) is 19.4. The summed E-state index contributed by atoms with van der Waals surface area (Å²) >= 11 is 0. The maximum absolute atomic E-state index is 12.5. The summed E-state index contributed by atoms with van der Waals surface area (Å²) in [5.41, 5.74) is -3.23. The first-order valence-electron chi connectivity index (χ1n) is 11.4. The Kier molecular flexibility index (Phi) is 6.02. The molecule has 1 unspecified atom stereocenters. The molecule has 0 aromatic heterocycles. The van der Waals surface area contributed by atoms with Crippen molar-refractivity contribution in [3.63, 3.8) is 0 Å². The summed E-state index contributed by atoms with van der Waals surface area (Å²) in [6, 6.07) is 0. The molecule has 4 aliphatic carbocycles. The molecule has 0 amide bonds. The number of ketones is 2.